The summed E-state index contributed by atoms with van der Waals surface area (Å²) in [7, 11) is 2.74. The lowest BCUT2D eigenvalue weighted by Crippen LogP contribution is -2.22. The Bertz CT molecular complexity index is 423. The summed E-state index contributed by atoms with van der Waals surface area (Å²) < 4.78 is 9.56. The molecule has 16 heavy (non-hydrogen) atoms. The summed E-state index contributed by atoms with van der Waals surface area (Å²) in [5.41, 5.74) is -0.635. The summed E-state index contributed by atoms with van der Waals surface area (Å²) in [5, 5.41) is 0. The third kappa shape index (κ3) is 2.46. The predicted octanol–water partition coefficient (Wildman–Crippen LogP) is 0.654. The summed E-state index contributed by atoms with van der Waals surface area (Å²) >= 11 is 0. The Hall–Kier alpha value is -1.69. The van der Waals surface area contributed by atoms with Gasteiger partial charge in [-0.05, 0) is 6.42 Å². The molecule has 0 spiro atoms. The van der Waals surface area contributed by atoms with Crippen LogP contribution in [0.15, 0.2) is 11.0 Å². The fourth-order valence-corrected chi connectivity index (χ4v) is 1.30. The summed E-state index contributed by atoms with van der Waals surface area (Å²) in [6.45, 7) is 1.91. The molecule has 1 aromatic heterocycles. The molecule has 0 fully saturated rings. The maximum atomic E-state index is 11.5. The molecule has 0 saturated carbocycles. The van der Waals surface area contributed by atoms with Gasteiger partial charge in [-0.1, -0.05) is 6.92 Å². The zero-order valence-electron chi connectivity index (χ0n) is 9.44. The minimum Gasteiger partial charge on any atom is -0.465 e. The van der Waals surface area contributed by atoms with Crippen LogP contribution in [-0.4, -0.2) is 30.2 Å². The minimum absolute atomic E-state index is 0.114. The van der Waals surface area contributed by atoms with E-state index >= 15 is 0 Å². The summed E-state index contributed by atoms with van der Waals surface area (Å²) in [5.74, 6) is -0.298. The number of nitrogens with zero attached hydrogens (tertiary/aromatic N) is 1. The Kier molecular flexibility index (Phi) is 4.19. The number of carbonyl (C=O) groups is 1. The monoisotopic (exact) mass is 226 g/mol. The molecule has 0 aliphatic rings. The minimum atomic E-state index is -0.703. The number of rotatable bonds is 4. The van der Waals surface area contributed by atoms with E-state index in [1.54, 1.807) is 0 Å². The van der Waals surface area contributed by atoms with Crippen molar-refractivity contribution >= 4 is 5.97 Å². The highest BCUT2D eigenvalue weighted by Crippen LogP contribution is 2.13. The van der Waals surface area contributed by atoms with Gasteiger partial charge < -0.3 is 14.5 Å². The number of nitrogens with one attached hydrogen (secondary N) is 1. The van der Waals surface area contributed by atoms with E-state index in [0.717, 1.165) is 0 Å². The van der Waals surface area contributed by atoms with Crippen molar-refractivity contribution in [3.63, 3.8) is 0 Å². The van der Waals surface area contributed by atoms with Gasteiger partial charge in [0, 0.05) is 13.3 Å². The Balaban J connectivity index is 3.08. The average Bonchev–Trinajstić information content (AvgIpc) is 2.30. The van der Waals surface area contributed by atoms with Gasteiger partial charge in [0.25, 0.3) is 5.56 Å². The van der Waals surface area contributed by atoms with Crippen LogP contribution in [0.4, 0.5) is 0 Å². The first-order valence-corrected chi connectivity index (χ1v) is 4.84. The van der Waals surface area contributed by atoms with E-state index in [-0.39, 0.29) is 11.7 Å². The van der Waals surface area contributed by atoms with Gasteiger partial charge in [-0.25, -0.2) is 9.78 Å². The molecular formula is C10H14N2O4. The Morgan fingerprint density at radius 3 is 2.69 bits per heavy atom. The van der Waals surface area contributed by atoms with E-state index in [1.165, 1.54) is 20.4 Å². The van der Waals surface area contributed by atoms with Gasteiger partial charge >= 0.3 is 5.97 Å². The van der Waals surface area contributed by atoms with E-state index < -0.39 is 11.5 Å². The molecule has 1 aromatic rings. The lowest BCUT2D eigenvalue weighted by Gasteiger charge is -2.11. The van der Waals surface area contributed by atoms with Gasteiger partial charge in [-0.15, -0.1) is 0 Å². The molecule has 1 unspecified atom stereocenters. The molecule has 1 atom stereocenters. The molecule has 0 radical (unpaired) electrons. The highest BCUT2D eigenvalue weighted by Gasteiger charge is 2.15. The zero-order valence-corrected chi connectivity index (χ0v) is 9.44. The van der Waals surface area contributed by atoms with Gasteiger partial charge in [-0.3, -0.25) is 4.79 Å². The van der Waals surface area contributed by atoms with Crippen LogP contribution < -0.4 is 5.56 Å². The maximum absolute atomic E-state index is 11.5. The SMILES string of the molecule is CCC(OC)c1ncc(C(=O)OC)c(=O)[nH]1. The molecule has 0 aromatic carbocycles. The average molecular weight is 226 g/mol. The van der Waals surface area contributed by atoms with Crippen molar-refractivity contribution in [3.8, 4) is 0 Å². The van der Waals surface area contributed by atoms with Crippen molar-refractivity contribution in [2.45, 2.75) is 19.4 Å². The van der Waals surface area contributed by atoms with Gasteiger partial charge in [0.05, 0.1) is 7.11 Å². The fourth-order valence-electron chi connectivity index (χ4n) is 1.30. The molecule has 0 aliphatic carbocycles. The smallest absolute Gasteiger partial charge is 0.345 e. The zero-order chi connectivity index (χ0) is 12.1. The van der Waals surface area contributed by atoms with Crippen LogP contribution in [0.3, 0.4) is 0 Å². The Labute approximate surface area is 92.6 Å². The van der Waals surface area contributed by atoms with E-state index in [9.17, 15) is 9.59 Å². The highest BCUT2D eigenvalue weighted by molar-refractivity contribution is 5.88. The standard InChI is InChI=1S/C10H14N2O4/c1-4-7(15-2)8-11-5-6(9(13)12-8)10(14)16-3/h5,7H,4H2,1-3H3,(H,11,12,13). The van der Waals surface area contributed by atoms with Gasteiger partial charge in [-0.2, -0.15) is 0 Å². The number of aromatic amines is 1. The van der Waals surface area contributed by atoms with Gasteiger partial charge in [0.2, 0.25) is 0 Å². The summed E-state index contributed by atoms with van der Waals surface area (Å²) in [6, 6.07) is 0. The topological polar surface area (TPSA) is 81.3 Å². The van der Waals surface area contributed by atoms with Crippen LogP contribution in [0.1, 0.15) is 35.6 Å². The number of hydrogen-bond donors (Lipinski definition) is 1. The van der Waals surface area contributed by atoms with Crippen LogP contribution in [0.2, 0.25) is 0 Å². The van der Waals surface area contributed by atoms with Crippen LogP contribution in [0, 0.1) is 0 Å². The molecule has 0 aliphatic heterocycles. The largest absolute Gasteiger partial charge is 0.465 e. The first-order chi connectivity index (χ1) is 7.63. The van der Waals surface area contributed by atoms with Gasteiger partial charge in [0.15, 0.2) is 0 Å². The van der Waals surface area contributed by atoms with Crippen LogP contribution in [-0.2, 0) is 9.47 Å². The molecule has 6 heteroatoms. The third-order valence-corrected chi connectivity index (χ3v) is 2.18. The Morgan fingerprint density at radius 2 is 2.25 bits per heavy atom. The van der Waals surface area contributed by atoms with Crippen LogP contribution >= 0.6 is 0 Å². The second kappa shape index (κ2) is 5.41. The fraction of sp³-hybridized carbons (Fsp3) is 0.500. The molecule has 0 bridgehead atoms. The highest BCUT2D eigenvalue weighted by atomic mass is 16.5. The first kappa shape index (κ1) is 12.4. The van der Waals surface area contributed by atoms with Crippen molar-refractivity contribution in [2.75, 3.05) is 14.2 Å². The first-order valence-electron chi connectivity index (χ1n) is 4.84. The number of methoxy groups -OCH3 is 2. The van der Waals surface area contributed by atoms with E-state index in [0.29, 0.717) is 12.2 Å². The molecule has 6 nitrogen and oxygen atoms in total. The molecule has 1 N–H and O–H groups in total. The second-order valence-electron chi connectivity index (χ2n) is 3.14. The maximum Gasteiger partial charge on any atom is 0.345 e. The number of carbonyl (C=O) groups excluding carboxylic acids is 1. The van der Waals surface area contributed by atoms with E-state index in [2.05, 4.69) is 14.7 Å². The molecular weight excluding hydrogens is 212 g/mol. The van der Waals surface area contributed by atoms with Gasteiger partial charge in [0.1, 0.15) is 17.5 Å². The number of aromatic nitrogens is 2. The summed E-state index contributed by atoms with van der Waals surface area (Å²) in [4.78, 5) is 29.1. The molecule has 1 rings (SSSR count). The third-order valence-electron chi connectivity index (χ3n) is 2.18. The van der Waals surface area contributed by atoms with E-state index in [4.69, 9.17) is 4.74 Å². The lowest BCUT2D eigenvalue weighted by atomic mass is 10.2. The molecule has 0 amide bonds. The van der Waals surface area contributed by atoms with Crippen LogP contribution in [0.25, 0.3) is 0 Å². The second-order valence-corrected chi connectivity index (χ2v) is 3.14. The lowest BCUT2D eigenvalue weighted by molar-refractivity contribution is 0.0596. The number of ether oxygens (including phenoxy) is 2. The summed E-state index contributed by atoms with van der Waals surface area (Å²) in [6.07, 6.45) is 1.60. The normalized spacial score (nSPS) is 12.2. The van der Waals surface area contributed by atoms with Crippen molar-refractivity contribution in [1.29, 1.82) is 0 Å². The number of H-pyrrole nitrogens is 1. The van der Waals surface area contributed by atoms with Crippen molar-refractivity contribution in [3.05, 3.63) is 27.9 Å². The van der Waals surface area contributed by atoms with Crippen molar-refractivity contribution in [1.82, 2.24) is 9.97 Å². The Morgan fingerprint density at radius 1 is 1.56 bits per heavy atom. The van der Waals surface area contributed by atoms with Crippen LogP contribution in [0.5, 0.6) is 0 Å². The molecule has 88 valence electrons. The van der Waals surface area contributed by atoms with Crippen molar-refractivity contribution in [2.24, 2.45) is 0 Å². The molecule has 0 saturated heterocycles. The molecule has 1 heterocycles. The van der Waals surface area contributed by atoms with E-state index in [1.807, 2.05) is 6.92 Å². The predicted molar refractivity (Wildman–Crippen MR) is 56.2 cm³/mol. The van der Waals surface area contributed by atoms with Crippen molar-refractivity contribution < 1.29 is 14.3 Å². The number of esters is 1. The number of hydrogen-bond acceptors (Lipinski definition) is 5. The quantitative estimate of drug-likeness (QED) is 0.762.